The minimum atomic E-state index is 0.767. The van der Waals surface area contributed by atoms with E-state index in [0.29, 0.717) is 0 Å². The minimum Gasteiger partial charge on any atom is -0.369 e. The number of rotatable bonds is 6. The monoisotopic (exact) mass is 295 g/mol. The smallest absolute Gasteiger partial charge is 0.163 e. The lowest BCUT2D eigenvalue weighted by atomic mass is 10.1. The zero-order chi connectivity index (χ0) is 15.4. The van der Waals surface area contributed by atoms with Crippen molar-refractivity contribution in [1.29, 1.82) is 0 Å². The van der Waals surface area contributed by atoms with Crippen LogP contribution < -0.4 is 5.32 Å². The summed E-state index contributed by atoms with van der Waals surface area (Å²) in [7, 11) is 1.90. The van der Waals surface area contributed by atoms with Gasteiger partial charge in [0, 0.05) is 13.6 Å². The molecule has 0 saturated carbocycles. The summed E-state index contributed by atoms with van der Waals surface area (Å²) in [6, 6.07) is 10.6. The highest BCUT2D eigenvalue weighted by atomic mass is 15.3. The first-order valence-corrected chi connectivity index (χ1v) is 7.68. The zero-order valence-electron chi connectivity index (χ0n) is 13.1. The summed E-state index contributed by atoms with van der Waals surface area (Å²) in [6.07, 6.45) is 5.21. The Morgan fingerprint density at radius 1 is 1.09 bits per heavy atom. The third kappa shape index (κ3) is 3.24. The molecule has 0 atom stereocenters. The number of benzene rings is 1. The average molecular weight is 295 g/mol. The van der Waals surface area contributed by atoms with Crippen molar-refractivity contribution in [2.45, 2.75) is 26.2 Å². The summed E-state index contributed by atoms with van der Waals surface area (Å²) in [4.78, 5) is 8.92. The molecule has 1 N–H and O–H groups in total. The fraction of sp³-hybridized carbons (Fsp3) is 0.353. The van der Waals surface area contributed by atoms with Crippen LogP contribution in [-0.2, 0) is 13.5 Å². The van der Waals surface area contributed by atoms with Crippen LogP contribution in [0.3, 0.4) is 0 Å². The van der Waals surface area contributed by atoms with Gasteiger partial charge in [-0.1, -0.05) is 30.3 Å². The normalized spacial score (nSPS) is 11.0. The Hall–Kier alpha value is -2.43. The molecule has 0 fully saturated rings. The van der Waals surface area contributed by atoms with Crippen LogP contribution in [0.2, 0.25) is 0 Å². The maximum Gasteiger partial charge on any atom is 0.163 e. The Labute approximate surface area is 130 Å². The molecule has 0 spiro atoms. The van der Waals surface area contributed by atoms with Crippen molar-refractivity contribution in [3.63, 3.8) is 0 Å². The molecule has 2 heterocycles. The van der Waals surface area contributed by atoms with E-state index in [2.05, 4.69) is 50.7 Å². The third-order valence-corrected chi connectivity index (χ3v) is 3.73. The maximum absolute atomic E-state index is 4.49. The number of nitrogens with zero attached hydrogens (tertiary/aromatic N) is 4. The lowest BCUT2D eigenvalue weighted by Gasteiger charge is -2.07. The molecule has 0 aliphatic carbocycles. The second kappa shape index (κ2) is 6.56. The highest BCUT2D eigenvalue weighted by Crippen LogP contribution is 2.19. The standard InChI is InChI=1S/C17H21N5/c1-13-20-16(15-12-19-22(2)17(15)21-13)18-11-7-6-10-14-8-4-3-5-9-14/h3-5,8-9,12H,6-7,10-11H2,1-2H3,(H,18,20,21). The van der Waals surface area contributed by atoms with Crippen LogP contribution in [-0.4, -0.2) is 26.3 Å². The van der Waals surface area contributed by atoms with Crippen LogP contribution in [0, 0.1) is 6.92 Å². The predicted octanol–water partition coefficient (Wildman–Crippen LogP) is 3.11. The van der Waals surface area contributed by atoms with E-state index in [4.69, 9.17) is 0 Å². The van der Waals surface area contributed by atoms with Crippen LogP contribution in [0.5, 0.6) is 0 Å². The number of nitrogens with one attached hydrogen (secondary N) is 1. The Morgan fingerprint density at radius 2 is 1.91 bits per heavy atom. The van der Waals surface area contributed by atoms with Crippen molar-refractivity contribution in [1.82, 2.24) is 19.7 Å². The van der Waals surface area contributed by atoms with E-state index >= 15 is 0 Å². The van der Waals surface area contributed by atoms with E-state index in [0.717, 1.165) is 48.5 Å². The van der Waals surface area contributed by atoms with Gasteiger partial charge in [0.2, 0.25) is 0 Å². The van der Waals surface area contributed by atoms with E-state index in [-0.39, 0.29) is 0 Å². The summed E-state index contributed by atoms with van der Waals surface area (Å²) in [5, 5.41) is 8.66. The van der Waals surface area contributed by atoms with Crippen LogP contribution in [0.25, 0.3) is 11.0 Å². The lowest BCUT2D eigenvalue weighted by Crippen LogP contribution is -2.06. The van der Waals surface area contributed by atoms with Crippen molar-refractivity contribution >= 4 is 16.9 Å². The van der Waals surface area contributed by atoms with Gasteiger partial charge < -0.3 is 5.32 Å². The molecule has 0 aliphatic heterocycles. The molecular formula is C17H21N5. The zero-order valence-corrected chi connectivity index (χ0v) is 13.1. The Morgan fingerprint density at radius 3 is 2.73 bits per heavy atom. The molecule has 0 bridgehead atoms. The van der Waals surface area contributed by atoms with E-state index in [1.54, 1.807) is 4.68 Å². The molecular weight excluding hydrogens is 274 g/mol. The first-order valence-electron chi connectivity index (χ1n) is 7.68. The summed E-state index contributed by atoms with van der Waals surface area (Å²) in [6.45, 7) is 2.82. The van der Waals surface area contributed by atoms with Gasteiger partial charge in [-0.2, -0.15) is 5.10 Å². The van der Waals surface area contributed by atoms with E-state index in [9.17, 15) is 0 Å². The van der Waals surface area contributed by atoms with Gasteiger partial charge >= 0.3 is 0 Å². The van der Waals surface area contributed by atoms with Gasteiger partial charge in [-0.3, -0.25) is 4.68 Å². The largest absolute Gasteiger partial charge is 0.369 e. The maximum atomic E-state index is 4.49. The average Bonchev–Trinajstić information content (AvgIpc) is 2.89. The number of aryl methyl sites for hydroxylation is 3. The first kappa shape index (κ1) is 14.5. The lowest BCUT2D eigenvalue weighted by molar-refractivity contribution is 0.761. The van der Waals surface area contributed by atoms with Gasteiger partial charge in [0.1, 0.15) is 11.6 Å². The number of unbranched alkanes of at least 4 members (excludes halogenated alkanes) is 1. The highest BCUT2D eigenvalue weighted by Gasteiger charge is 2.09. The van der Waals surface area contributed by atoms with Gasteiger partial charge in [-0.05, 0) is 31.7 Å². The molecule has 3 rings (SSSR count). The van der Waals surface area contributed by atoms with Crippen LogP contribution in [0.1, 0.15) is 24.2 Å². The molecule has 3 aromatic rings. The number of hydrogen-bond acceptors (Lipinski definition) is 4. The van der Waals surface area contributed by atoms with Crippen molar-refractivity contribution in [2.75, 3.05) is 11.9 Å². The Bertz CT molecular complexity index is 748. The predicted molar refractivity (Wildman–Crippen MR) is 88.9 cm³/mol. The van der Waals surface area contributed by atoms with Gasteiger partial charge in [-0.15, -0.1) is 0 Å². The second-order valence-corrected chi connectivity index (χ2v) is 5.49. The Balaban J connectivity index is 1.56. The topological polar surface area (TPSA) is 55.6 Å². The van der Waals surface area contributed by atoms with Gasteiger partial charge in [0.25, 0.3) is 0 Å². The molecule has 1 aromatic carbocycles. The minimum absolute atomic E-state index is 0.767. The van der Waals surface area contributed by atoms with Crippen molar-refractivity contribution in [3.8, 4) is 0 Å². The molecule has 0 saturated heterocycles. The van der Waals surface area contributed by atoms with Crippen LogP contribution in [0.4, 0.5) is 5.82 Å². The van der Waals surface area contributed by atoms with Crippen molar-refractivity contribution in [2.24, 2.45) is 7.05 Å². The van der Waals surface area contributed by atoms with Gasteiger partial charge in [-0.25, -0.2) is 9.97 Å². The summed E-state index contributed by atoms with van der Waals surface area (Å²) in [5.74, 6) is 1.65. The molecule has 114 valence electrons. The molecule has 5 heteroatoms. The fourth-order valence-corrected chi connectivity index (χ4v) is 2.57. The number of hydrogen-bond donors (Lipinski definition) is 1. The second-order valence-electron chi connectivity index (χ2n) is 5.49. The summed E-state index contributed by atoms with van der Waals surface area (Å²) >= 11 is 0. The first-order chi connectivity index (χ1) is 10.7. The summed E-state index contributed by atoms with van der Waals surface area (Å²) < 4.78 is 1.78. The molecule has 5 nitrogen and oxygen atoms in total. The summed E-state index contributed by atoms with van der Waals surface area (Å²) in [5.41, 5.74) is 2.27. The molecule has 0 radical (unpaired) electrons. The number of anilines is 1. The van der Waals surface area contributed by atoms with Crippen LogP contribution in [0.15, 0.2) is 36.5 Å². The van der Waals surface area contributed by atoms with Crippen LogP contribution >= 0.6 is 0 Å². The van der Waals surface area contributed by atoms with E-state index < -0.39 is 0 Å². The van der Waals surface area contributed by atoms with Gasteiger partial charge in [0.15, 0.2) is 5.65 Å². The SMILES string of the molecule is Cc1nc(NCCCCc2ccccc2)c2cnn(C)c2n1. The third-order valence-electron chi connectivity index (χ3n) is 3.73. The van der Waals surface area contributed by atoms with E-state index in [1.807, 2.05) is 20.2 Å². The molecule has 2 aromatic heterocycles. The molecule has 0 unspecified atom stereocenters. The number of fused-ring (bicyclic) bond motifs is 1. The van der Waals surface area contributed by atoms with E-state index in [1.165, 1.54) is 5.56 Å². The Kier molecular flexibility index (Phi) is 4.32. The van der Waals surface area contributed by atoms with Crippen molar-refractivity contribution in [3.05, 3.63) is 47.9 Å². The van der Waals surface area contributed by atoms with Crippen molar-refractivity contribution < 1.29 is 0 Å². The molecule has 0 amide bonds. The number of aromatic nitrogens is 4. The quantitative estimate of drug-likeness (QED) is 0.710. The van der Waals surface area contributed by atoms with Gasteiger partial charge in [0.05, 0.1) is 11.6 Å². The highest BCUT2D eigenvalue weighted by molar-refractivity contribution is 5.86. The molecule has 22 heavy (non-hydrogen) atoms. The fourth-order valence-electron chi connectivity index (χ4n) is 2.57. The molecule has 0 aliphatic rings.